The Labute approximate surface area is 101 Å². The highest BCUT2D eigenvalue weighted by molar-refractivity contribution is 5.66. The lowest BCUT2D eigenvalue weighted by Gasteiger charge is -2.22. The van der Waals surface area contributed by atoms with E-state index >= 15 is 0 Å². The largest absolute Gasteiger partial charge is 0.481 e. The van der Waals surface area contributed by atoms with E-state index in [1.165, 1.54) is 0 Å². The molecule has 96 valence electrons. The van der Waals surface area contributed by atoms with E-state index < -0.39 is 5.97 Å². The minimum Gasteiger partial charge on any atom is -0.481 e. The lowest BCUT2D eigenvalue weighted by Crippen LogP contribution is -2.31. The van der Waals surface area contributed by atoms with Crippen LogP contribution in [0.2, 0.25) is 0 Å². The first-order valence-electron chi connectivity index (χ1n) is 6.39. The molecule has 2 rings (SSSR count). The first-order valence-corrected chi connectivity index (χ1v) is 6.39. The molecule has 2 N–H and O–H groups in total. The fourth-order valence-electron chi connectivity index (χ4n) is 2.78. The fourth-order valence-corrected chi connectivity index (χ4v) is 2.78. The summed E-state index contributed by atoms with van der Waals surface area (Å²) in [5.41, 5.74) is 0. The summed E-state index contributed by atoms with van der Waals surface area (Å²) in [5, 5.41) is 18.4. The van der Waals surface area contributed by atoms with Gasteiger partial charge in [-0.25, -0.2) is 0 Å². The number of hydrogen-bond donors (Lipinski definition) is 2. The van der Waals surface area contributed by atoms with Crippen molar-refractivity contribution in [3.8, 4) is 0 Å². The number of aliphatic hydroxyl groups excluding tert-OH is 1. The summed E-state index contributed by atoms with van der Waals surface area (Å²) in [6.07, 6.45) is 8.66. The van der Waals surface area contributed by atoms with Gasteiger partial charge in [0.15, 0.2) is 0 Å². The zero-order chi connectivity index (χ0) is 12.3. The minimum atomic E-state index is -0.740. The van der Waals surface area contributed by atoms with Gasteiger partial charge >= 0.3 is 5.97 Å². The van der Waals surface area contributed by atoms with Crippen LogP contribution in [0, 0.1) is 5.92 Å². The molecule has 2 saturated heterocycles. The number of fused-ring (bicyclic) bond motifs is 2. The van der Waals surface area contributed by atoms with Gasteiger partial charge in [0, 0.05) is 12.3 Å². The molecule has 0 aromatic heterocycles. The second kappa shape index (κ2) is 5.65. The van der Waals surface area contributed by atoms with Crippen molar-refractivity contribution in [2.24, 2.45) is 5.92 Å². The third-order valence-corrected chi connectivity index (χ3v) is 3.72. The number of carbonyl (C=O) groups is 1. The van der Waals surface area contributed by atoms with Crippen LogP contribution in [0.25, 0.3) is 0 Å². The fraction of sp³-hybridized carbons (Fsp3) is 0.769. The van der Waals surface area contributed by atoms with E-state index in [-0.39, 0.29) is 30.7 Å². The van der Waals surface area contributed by atoms with E-state index in [1.54, 1.807) is 0 Å². The second-order valence-corrected chi connectivity index (χ2v) is 4.94. The van der Waals surface area contributed by atoms with Gasteiger partial charge in [-0.1, -0.05) is 12.2 Å². The zero-order valence-corrected chi connectivity index (χ0v) is 9.92. The van der Waals surface area contributed by atoms with E-state index in [2.05, 4.69) is 6.08 Å². The maximum Gasteiger partial charge on any atom is 0.303 e. The smallest absolute Gasteiger partial charge is 0.303 e. The Hall–Kier alpha value is -0.870. The summed E-state index contributed by atoms with van der Waals surface area (Å²) >= 11 is 0. The topological polar surface area (TPSA) is 66.8 Å². The molecule has 17 heavy (non-hydrogen) atoms. The third-order valence-electron chi connectivity index (χ3n) is 3.72. The number of aliphatic carboxylic acids is 1. The van der Waals surface area contributed by atoms with Crippen LogP contribution >= 0.6 is 0 Å². The van der Waals surface area contributed by atoms with Crippen LogP contribution in [0.15, 0.2) is 12.2 Å². The third kappa shape index (κ3) is 3.07. The number of carboxylic acid groups (broad SMARTS) is 1. The van der Waals surface area contributed by atoms with E-state index in [0.717, 1.165) is 25.7 Å². The Balaban J connectivity index is 1.65. The number of rotatable bonds is 6. The van der Waals surface area contributed by atoms with Crippen LogP contribution in [0.3, 0.4) is 0 Å². The van der Waals surface area contributed by atoms with Gasteiger partial charge < -0.3 is 14.9 Å². The number of carboxylic acids is 1. The van der Waals surface area contributed by atoms with Gasteiger partial charge in [-0.3, -0.25) is 4.79 Å². The van der Waals surface area contributed by atoms with Crippen LogP contribution in [0.5, 0.6) is 0 Å². The molecule has 0 radical (unpaired) electrons. The average Bonchev–Trinajstić information content (AvgIpc) is 2.85. The summed E-state index contributed by atoms with van der Waals surface area (Å²) in [6.45, 7) is 0. The highest BCUT2D eigenvalue weighted by Crippen LogP contribution is 2.40. The molecule has 0 aliphatic carbocycles. The molecular formula is C13H20O4. The molecule has 0 saturated carbocycles. The first kappa shape index (κ1) is 12.6. The Bertz CT molecular complexity index is 298. The SMILES string of the molecule is O=C(O)CCC/C=C\C[C@H]1[C@H](O)[C@@H]2CC[C@@H]1O2. The monoisotopic (exact) mass is 240 g/mol. The van der Waals surface area contributed by atoms with Crippen molar-refractivity contribution < 1.29 is 19.7 Å². The Morgan fingerprint density at radius 2 is 2.06 bits per heavy atom. The van der Waals surface area contributed by atoms with E-state index in [4.69, 9.17) is 9.84 Å². The number of allylic oxidation sites excluding steroid dienone is 2. The van der Waals surface area contributed by atoms with Gasteiger partial charge in [0.25, 0.3) is 0 Å². The highest BCUT2D eigenvalue weighted by Gasteiger charge is 2.47. The molecule has 2 aliphatic rings. The normalized spacial score (nSPS) is 35.8. The molecule has 0 spiro atoms. The predicted octanol–water partition coefficient (Wildman–Crippen LogP) is 1.73. The summed E-state index contributed by atoms with van der Waals surface area (Å²) in [7, 11) is 0. The van der Waals surface area contributed by atoms with Crippen LogP contribution in [0.4, 0.5) is 0 Å². The molecule has 0 amide bonds. The summed E-state index contributed by atoms with van der Waals surface area (Å²) in [4.78, 5) is 10.3. The van der Waals surface area contributed by atoms with Crippen LogP contribution in [0.1, 0.15) is 38.5 Å². The standard InChI is InChI=1S/C13H20O4/c14-12(15)6-4-2-1-3-5-9-10-7-8-11(17-10)13(9)16/h1,3,9-11,13,16H,2,4-8H2,(H,14,15)/b3-1-/t9-,10+,11+,13+/m1/s1. The molecule has 2 fully saturated rings. The summed E-state index contributed by atoms with van der Waals surface area (Å²) in [6, 6.07) is 0. The molecular weight excluding hydrogens is 220 g/mol. The Morgan fingerprint density at radius 1 is 1.29 bits per heavy atom. The molecule has 2 aliphatic heterocycles. The molecule has 0 unspecified atom stereocenters. The average molecular weight is 240 g/mol. The Kier molecular flexibility index (Phi) is 4.18. The van der Waals surface area contributed by atoms with Gasteiger partial charge in [0.05, 0.1) is 18.3 Å². The zero-order valence-electron chi connectivity index (χ0n) is 9.92. The lowest BCUT2D eigenvalue weighted by atomic mass is 9.84. The molecule has 2 heterocycles. The van der Waals surface area contributed by atoms with Gasteiger partial charge in [0.1, 0.15) is 0 Å². The van der Waals surface area contributed by atoms with E-state index in [9.17, 15) is 9.90 Å². The van der Waals surface area contributed by atoms with Crippen molar-refractivity contribution in [2.45, 2.75) is 56.8 Å². The van der Waals surface area contributed by atoms with Crippen LogP contribution in [-0.4, -0.2) is 34.5 Å². The molecule has 4 heteroatoms. The van der Waals surface area contributed by atoms with Gasteiger partial charge in [-0.05, 0) is 32.1 Å². The summed E-state index contributed by atoms with van der Waals surface area (Å²) < 4.78 is 5.65. The lowest BCUT2D eigenvalue weighted by molar-refractivity contribution is -0.137. The number of ether oxygens (including phenoxy) is 1. The van der Waals surface area contributed by atoms with Crippen LogP contribution < -0.4 is 0 Å². The van der Waals surface area contributed by atoms with Crippen molar-refractivity contribution in [1.82, 2.24) is 0 Å². The minimum absolute atomic E-state index is 0.0606. The second-order valence-electron chi connectivity index (χ2n) is 4.94. The quantitative estimate of drug-likeness (QED) is 0.548. The van der Waals surface area contributed by atoms with Gasteiger partial charge in [-0.2, -0.15) is 0 Å². The van der Waals surface area contributed by atoms with Gasteiger partial charge in [0.2, 0.25) is 0 Å². The number of aliphatic hydroxyl groups is 1. The predicted molar refractivity (Wildman–Crippen MR) is 62.6 cm³/mol. The molecule has 0 aromatic carbocycles. The molecule has 4 atom stereocenters. The van der Waals surface area contributed by atoms with Gasteiger partial charge in [-0.15, -0.1) is 0 Å². The van der Waals surface area contributed by atoms with Crippen molar-refractivity contribution in [2.75, 3.05) is 0 Å². The number of unbranched alkanes of at least 4 members (excludes halogenated alkanes) is 1. The Morgan fingerprint density at radius 3 is 2.71 bits per heavy atom. The maximum atomic E-state index is 10.3. The van der Waals surface area contributed by atoms with E-state index in [1.807, 2.05) is 6.08 Å². The maximum absolute atomic E-state index is 10.3. The molecule has 2 bridgehead atoms. The highest BCUT2D eigenvalue weighted by atomic mass is 16.5. The molecule has 0 aromatic rings. The van der Waals surface area contributed by atoms with Crippen molar-refractivity contribution in [3.63, 3.8) is 0 Å². The molecule has 4 nitrogen and oxygen atoms in total. The summed E-state index contributed by atoms with van der Waals surface area (Å²) in [5.74, 6) is -0.500. The van der Waals surface area contributed by atoms with Crippen LogP contribution in [-0.2, 0) is 9.53 Å². The van der Waals surface area contributed by atoms with Crippen molar-refractivity contribution >= 4 is 5.97 Å². The van der Waals surface area contributed by atoms with E-state index in [0.29, 0.717) is 6.42 Å². The first-order chi connectivity index (χ1) is 8.18. The van der Waals surface area contributed by atoms with Crippen molar-refractivity contribution in [3.05, 3.63) is 12.2 Å². The van der Waals surface area contributed by atoms with Crippen molar-refractivity contribution in [1.29, 1.82) is 0 Å². The number of hydrogen-bond acceptors (Lipinski definition) is 3.